The topological polar surface area (TPSA) is 120 Å². The first-order valence-corrected chi connectivity index (χ1v) is 10.8. The fourth-order valence-electron chi connectivity index (χ4n) is 3.90. The minimum atomic E-state index is -5.03. The lowest BCUT2D eigenvalue weighted by Crippen LogP contribution is -2.37. The fraction of sp³-hybridized carbons (Fsp3) is 0.429. The summed E-state index contributed by atoms with van der Waals surface area (Å²) < 4.78 is 109. The van der Waals surface area contributed by atoms with Crippen molar-refractivity contribution in [3.8, 4) is 23.1 Å². The van der Waals surface area contributed by atoms with Crippen molar-refractivity contribution in [1.82, 2.24) is 25.3 Å². The van der Waals surface area contributed by atoms with Gasteiger partial charge in [0.25, 0.3) is 0 Å². The Morgan fingerprint density at radius 1 is 1.05 bits per heavy atom. The van der Waals surface area contributed by atoms with Crippen LogP contribution in [-0.2, 0) is 6.18 Å². The molecule has 200 valence electrons. The van der Waals surface area contributed by atoms with Crippen molar-refractivity contribution in [3.63, 3.8) is 0 Å². The third-order valence-corrected chi connectivity index (χ3v) is 5.47. The summed E-state index contributed by atoms with van der Waals surface area (Å²) in [5, 5.41) is 5.22. The molecule has 3 aromatic rings. The van der Waals surface area contributed by atoms with Crippen molar-refractivity contribution in [3.05, 3.63) is 23.1 Å². The maximum Gasteiger partial charge on any atom is 0.425 e. The molecule has 37 heavy (non-hydrogen) atoms. The molecule has 1 aliphatic heterocycles. The van der Waals surface area contributed by atoms with Gasteiger partial charge in [-0.25, -0.2) is 14.4 Å². The van der Waals surface area contributed by atoms with Gasteiger partial charge in [0.05, 0.1) is 18.4 Å². The van der Waals surface area contributed by atoms with E-state index in [-0.39, 0.29) is 25.5 Å². The average molecular weight is 535 g/mol. The highest BCUT2D eigenvalue weighted by atomic mass is 19.4. The number of nitrogens with two attached hydrogens (primary N) is 1. The first-order valence-electron chi connectivity index (χ1n) is 10.8. The number of hydrogen-bond acceptors (Lipinski definition) is 9. The van der Waals surface area contributed by atoms with Gasteiger partial charge in [0.2, 0.25) is 5.88 Å². The van der Waals surface area contributed by atoms with Gasteiger partial charge >= 0.3 is 18.4 Å². The van der Waals surface area contributed by atoms with Crippen molar-refractivity contribution in [2.75, 3.05) is 37.8 Å². The van der Waals surface area contributed by atoms with E-state index in [0.717, 1.165) is 20.1 Å². The Kier molecular flexibility index (Phi) is 6.87. The first-order chi connectivity index (χ1) is 17.3. The predicted octanol–water partition coefficient (Wildman–Crippen LogP) is 3.86. The van der Waals surface area contributed by atoms with Gasteiger partial charge in [-0.2, -0.15) is 36.3 Å². The quantitative estimate of drug-likeness (QED) is 0.420. The number of nitrogens with one attached hydrogen (secondary N) is 2. The van der Waals surface area contributed by atoms with E-state index in [4.69, 9.17) is 15.2 Å². The predicted molar refractivity (Wildman–Crippen MR) is 118 cm³/mol. The number of aromatic nitrogens is 4. The van der Waals surface area contributed by atoms with Gasteiger partial charge in [0, 0.05) is 25.1 Å². The Morgan fingerprint density at radius 3 is 2.43 bits per heavy atom. The monoisotopic (exact) mass is 535 g/mol. The number of hydrogen-bond donors (Lipinski definition) is 3. The van der Waals surface area contributed by atoms with Crippen LogP contribution in [0.4, 0.5) is 42.4 Å². The molecular weight excluding hydrogens is 515 g/mol. The molecule has 9 nitrogen and oxygen atoms in total. The van der Waals surface area contributed by atoms with E-state index in [9.17, 15) is 26.3 Å². The lowest BCUT2D eigenvalue weighted by Gasteiger charge is -2.23. The number of aryl methyl sites for hydroxylation is 1. The molecule has 0 spiro atoms. The van der Waals surface area contributed by atoms with Crippen molar-refractivity contribution in [2.45, 2.75) is 31.8 Å². The molecule has 0 saturated carbocycles. The summed E-state index contributed by atoms with van der Waals surface area (Å²) in [7, 11) is 1.16. The molecule has 1 atom stereocenters. The van der Waals surface area contributed by atoms with Crippen LogP contribution < -0.4 is 25.8 Å². The summed E-state index contributed by atoms with van der Waals surface area (Å²) in [6, 6.07) is 0.335. The SMILES string of the molecule is COc1nc2c3c(nc(-c4cc(N)nc(C)c4C(F)(F)F)c(F)c3n1)OC(C(F)(F)F)CCNCCN2. The van der Waals surface area contributed by atoms with Crippen molar-refractivity contribution in [2.24, 2.45) is 0 Å². The molecule has 0 aliphatic carbocycles. The number of nitrogen functional groups attached to an aromatic ring is 1. The van der Waals surface area contributed by atoms with Crippen LogP contribution in [0.15, 0.2) is 6.07 Å². The van der Waals surface area contributed by atoms with Gasteiger partial charge in [-0.15, -0.1) is 0 Å². The summed E-state index contributed by atoms with van der Waals surface area (Å²) in [6.45, 7) is 1.26. The third kappa shape index (κ3) is 5.23. The molecule has 1 aliphatic rings. The van der Waals surface area contributed by atoms with E-state index >= 15 is 4.39 Å². The largest absolute Gasteiger partial charge is 0.467 e. The van der Waals surface area contributed by atoms with Gasteiger partial charge in [-0.1, -0.05) is 0 Å². The Balaban J connectivity index is 2.10. The van der Waals surface area contributed by atoms with Crippen LogP contribution in [0, 0.1) is 12.7 Å². The van der Waals surface area contributed by atoms with Crippen molar-refractivity contribution < 1.29 is 40.2 Å². The Hall–Kier alpha value is -3.69. The zero-order valence-corrected chi connectivity index (χ0v) is 19.3. The van der Waals surface area contributed by atoms with Crippen LogP contribution >= 0.6 is 0 Å². The average Bonchev–Trinajstić information content (AvgIpc) is 2.82. The highest BCUT2D eigenvalue weighted by Gasteiger charge is 2.43. The van der Waals surface area contributed by atoms with Crippen molar-refractivity contribution in [1.29, 1.82) is 0 Å². The second kappa shape index (κ2) is 9.64. The van der Waals surface area contributed by atoms with Crippen LogP contribution in [0.3, 0.4) is 0 Å². The number of pyridine rings is 2. The van der Waals surface area contributed by atoms with Crippen LogP contribution in [0.5, 0.6) is 11.9 Å². The summed E-state index contributed by atoms with van der Waals surface area (Å²) >= 11 is 0. The molecule has 3 aromatic heterocycles. The van der Waals surface area contributed by atoms with Crippen molar-refractivity contribution >= 4 is 22.5 Å². The Bertz CT molecular complexity index is 1330. The molecule has 0 fully saturated rings. The van der Waals surface area contributed by atoms with E-state index in [1.807, 2.05) is 0 Å². The number of methoxy groups -OCH3 is 1. The van der Waals surface area contributed by atoms with E-state index in [0.29, 0.717) is 0 Å². The zero-order valence-electron chi connectivity index (χ0n) is 19.3. The lowest BCUT2D eigenvalue weighted by atomic mass is 10.0. The van der Waals surface area contributed by atoms with E-state index < -0.39 is 81.8 Å². The van der Waals surface area contributed by atoms with Gasteiger partial charge in [0.1, 0.15) is 28.2 Å². The summed E-state index contributed by atoms with van der Waals surface area (Å²) in [5.41, 5.74) is 1.19. The number of halogens is 7. The molecule has 0 saturated heterocycles. The van der Waals surface area contributed by atoms with E-state index in [1.54, 1.807) is 0 Å². The molecule has 0 radical (unpaired) electrons. The zero-order chi connectivity index (χ0) is 27.1. The third-order valence-electron chi connectivity index (χ3n) is 5.47. The number of ether oxygens (including phenoxy) is 2. The number of rotatable bonds is 2. The van der Waals surface area contributed by atoms with Crippen LogP contribution in [0.25, 0.3) is 22.2 Å². The molecular formula is C21H20F7N7O2. The minimum Gasteiger partial charge on any atom is -0.467 e. The normalized spacial score (nSPS) is 17.1. The first kappa shape index (κ1) is 26.4. The molecule has 4 heterocycles. The number of alkyl halides is 6. The molecule has 0 amide bonds. The molecule has 1 unspecified atom stereocenters. The highest BCUT2D eigenvalue weighted by molar-refractivity contribution is 5.96. The Morgan fingerprint density at radius 2 is 1.78 bits per heavy atom. The fourth-order valence-corrected chi connectivity index (χ4v) is 3.90. The maximum absolute atomic E-state index is 15.9. The standard InChI is InChI=1S/C21H20F7N7O2/c1-8-13(21(26,27)28)9(7-11(29)32-8)15-14(22)16-12-17(35-19(34-16)36-2)31-6-5-30-4-3-10(20(23,24)25)37-18(12)33-15/h7,10,30H,3-6H2,1-2H3,(H2,29,32)(H,31,34,35). The molecule has 4 N–H and O–H groups in total. The Labute approximate surface area is 204 Å². The smallest absolute Gasteiger partial charge is 0.425 e. The van der Waals surface area contributed by atoms with E-state index in [1.165, 1.54) is 0 Å². The second-order valence-corrected chi connectivity index (χ2v) is 8.03. The highest BCUT2D eigenvalue weighted by Crippen LogP contribution is 2.43. The second-order valence-electron chi connectivity index (χ2n) is 8.03. The van der Waals surface area contributed by atoms with Crippen LogP contribution in [0.1, 0.15) is 17.7 Å². The molecule has 0 bridgehead atoms. The number of anilines is 2. The summed E-state index contributed by atoms with van der Waals surface area (Å²) in [6.07, 6.45) is -12.9. The maximum atomic E-state index is 15.9. The summed E-state index contributed by atoms with van der Waals surface area (Å²) in [4.78, 5) is 15.3. The summed E-state index contributed by atoms with van der Waals surface area (Å²) in [5.74, 6) is -2.77. The molecule has 4 rings (SSSR count). The molecule has 0 aromatic carbocycles. The van der Waals surface area contributed by atoms with Gasteiger partial charge in [0.15, 0.2) is 11.9 Å². The number of nitrogens with zero attached hydrogens (tertiary/aromatic N) is 4. The minimum absolute atomic E-state index is 0.104. The van der Waals surface area contributed by atoms with E-state index in [2.05, 4.69) is 30.6 Å². The van der Waals surface area contributed by atoms with Crippen LogP contribution in [-0.4, -0.2) is 59.0 Å². The lowest BCUT2D eigenvalue weighted by molar-refractivity contribution is -0.196. The molecule has 16 heteroatoms. The van der Waals surface area contributed by atoms with Gasteiger partial charge < -0.3 is 25.8 Å². The van der Waals surface area contributed by atoms with Crippen LogP contribution in [0.2, 0.25) is 0 Å². The van der Waals surface area contributed by atoms with Gasteiger partial charge in [-0.05, 0) is 19.5 Å². The van der Waals surface area contributed by atoms with Gasteiger partial charge in [-0.3, -0.25) is 0 Å².